The molecule has 1 heterocycles. The number of nitrogens with two attached hydrogens (primary N) is 1. The third kappa shape index (κ3) is 2.78. The van der Waals surface area contributed by atoms with E-state index in [0.29, 0.717) is 5.75 Å². The van der Waals surface area contributed by atoms with Gasteiger partial charge in [-0.05, 0) is 43.4 Å². The minimum Gasteiger partial charge on any atom is -0.468 e. The maximum Gasteiger partial charge on any atom is 0.327 e. The molecule has 0 aliphatic heterocycles. The average Bonchev–Trinajstić information content (AvgIpc) is 3.25. The van der Waals surface area contributed by atoms with Crippen molar-refractivity contribution >= 4 is 28.8 Å². The zero-order valence-electron chi connectivity index (χ0n) is 12.2. The van der Waals surface area contributed by atoms with E-state index in [1.165, 1.54) is 24.4 Å². The van der Waals surface area contributed by atoms with E-state index in [-0.39, 0.29) is 11.9 Å². The number of ether oxygens (including phenoxy) is 1. The number of nitrogens with zero attached hydrogens (tertiary/aromatic N) is 1. The topological polar surface area (TPSA) is 81.0 Å². The molecule has 1 aliphatic rings. The van der Waals surface area contributed by atoms with Crippen LogP contribution in [0.15, 0.2) is 23.4 Å². The van der Waals surface area contributed by atoms with Crippen molar-refractivity contribution in [1.82, 2.24) is 9.97 Å². The molecule has 1 saturated carbocycles. The lowest BCUT2D eigenvalue weighted by molar-refractivity contribution is -0.146. The second-order valence-corrected chi connectivity index (χ2v) is 6.62. The molecule has 0 bridgehead atoms. The molecule has 3 N–H and O–H groups in total. The van der Waals surface area contributed by atoms with Gasteiger partial charge in [0.05, 0.1) is 18.1 Å². The molecule has 3 rings (SSSR count). The van der Waals surface area contributed by atoms with Crippen molar-refractivity contribution < 1.29 is 9.53 Å². The number of carbonyl (C=O) groups excluding carboxylic acids is 1. The Morgan fingerprint density at radius 1 is 1.57 bits per heavy atom. The second kappa shape index (κ2) is 5.35. The fourth-order valence-electron chi connectivity index (χ4n) is 2.49. The van der Waals surface area contributed by atoms with Crippen molar-refractivity contribution in [3.05, 3.63) is 23.8 Å². The summed E-state index contributed by atoms with van der Waals surface area (Å²) in [5, 5.41) is 0.787. The number of carbonyl (C=O) groups is 1. The molecular weight excluding hydrogens is 286 g/mol. The predicted molar refractivity (Wildman–Crippen MR) is 83.2 cm³/mol. The van der Waals surface area contributed by atoms with Crippen LogP contribution >= 0.6 is 11.8 Å². The Morgan fingerprint density at radius 3 is 3.00 bits per heavy atom. The monoisotopic (exact) mass is 305 g/mol. The van der Waals surface area contributed by atoms with E-state index in [9.17, 15) is 4.79 Å². The van der Waals surface area contributed by atoms with Gasteiger partial charge in [-0.1, -0.05) is 17.8 Å². The average molecular weight is 305 g/mol. The van der Waals surface area contributed by atoms with Crippen molar-refractivity contribution in [2.75, 3.05) is 12.9 Å². The van der Waals surface area contributed by atoms with Crippen LogP contribution in [0, 0.1) is 12.8 Å². The number of aryl methyl sites for hydroxylation is 1. The van der Waals surface area contributed by atoms with Crippen LogP contribution in [0.4, 0.5) is 0 Å². The van der Waals surface area contributed by atoms with Crippen LogP contribution in [-0.4, -0.2) is 34.3 Å². The molecule has 0 radical (unpaired) electrons. The molecule has 1 atom stereocenters. The molecule has 5 nitrogen and oxygen atoms in total. The molecule has 1 aliphatic carbocycles. The third-order valence-electron chi connectivity index (χ3n) is 3.93. The van der Waals surface area contributed by atoms with Crippen LogP contribution in [0.2, 0.25) is 0 Å². The van der Waals surface area contributed by atoms with Crippen molar-refractivity contribution in [2.24, 2.45) is 11.7 Å². The number of benzene rings is 1. The number of imidazole rings is 1. The molecule has 2 aromatic rings. The van der Waals surface area contributed by atoms with E-state index in [4.69, 9.17) is 10.5 Å². The van der Waals surface area contributed by atoms with Gasteiger partial charge in [-0.3, -0.25) is 4.79 Å². The van der Waals surface area contributed by atoms with Gasteiger partial charge >= 0.3 is 5.97 Å². The Balaban J connectivity index is 1.77. The van der Waals surface area contributed by atoms with Crippen LogP contribution in [0.25, 0.3) is 11.0 Å². The first-order valence-electron chi connectivity index (χ1n) is 6.99. The summed E-state index contributed by atoms with van der Waals surface area (Å²) in [7, 11) is 1.39. The second-order valence-electron chi connectivity index (χ2n) is 5.66. The highest BCUT2D eigenvalue weighted by molar-refractivity contribution is 7.99. The molecule has 112 valence electrons. The highest BCUT2D eigenvalue weighted by Gasteiger charge is 2.49. The lowest BCUT2D eigenvalue weighted by Crippen LogP contribution is -2.53. The molecule has 0 amide bonds. The molecule has 1 aromatic carbocycles. The smallest absolute Gasteiger partial charge is 0.327 e. The first-order chi connectivity index (χ1) is 10.0. The summed E-state index contributed by atoms with van der Waals surface area (Å²) in [5.74, 6) is 0.372. The van der Waals surface area contributed by atoms with E-state index < -0.39 is 5.54 Å². The van der Waals surface area contributed by atoms with E-state index in [2.05, 4.69) is 16.0 Å². The summed E-state index contributed by atoms with van der Waals surface area (Å²) in [6.45, 7) is 2.04. The number of nitrogens with one attached hydrogen (secondary N) is 1. The fraction of sp³-hybridized carbons (Fsp3) is 0.467. The van der Waals surface area contributed by atoms with E-state index in [1.807, 2.05) is 19.1 Å². The maximum atomic E-state index is 12.0. The Hall–Kier alpha value is -1.53. The van der Waals surface area contributed by atoms with Crippen molar-refractivity contribution in [1.29, 1.82) is 0 Å². The third-order valence-corrected chi connectivity index (χ3v) is 5.02. The van der Waals surface area contributed by atoms with E-state index in [1.54, 1.807) is 0 Å². The number of aromatic amines is 1. The molecule has 1 fully saturated rings. The Bertz CT molecular complexity index is 681. The van der Waals surface area contributed by atoms with Crippen molar-refractivity contribution in [3.8, 4) is 0 Å². The lowest BCUT2D eigenvalue weighted by Gasteiger charge is -2.25. The lowest BCUT2D eigenvalue weighted by atomic mass is 9.97. The molecular formula is C15H19N3O2S. The fourth-order valence-corrected chi connectivity index (χ4v) is 3.56. The number of hydrogen-bond acceptors (Lipinski definition) is 5. The van der Waals surface area contributed by atoms with Gasteiger partial charge in [-0.15, -0.1) is 0 Å². The summed E-state index contributed by atoms with van der Waals surface area (Å²) >= 11 is 1.48. The number of H-pyrrole nitrogens is 1. The van der Waals surface area contributed by atoms with Gasteiger partial charge in [0.1, 0.15) is 5.54 Å². The number of methoxy groups -OCH3 is 1. The normalized spacial score (nSPS) is 17.7. The SMILES string of the molecule is COC(=O)C(N)(CSc1nc2ccc(C)cc2[nH]1)C1CC1. The van der Waals surface area contributed by atoms with E-state index in [0.717, 1.165) is 29.0 Å². The zero-order valence-corrected chi connectivity index (χ0v) is 13.0. The van der Waals surface area contributed by atoms with E-state index >= 15 is 0 Å². The Kier molecular flexibility index (Phi) is 3.67. The summed E-state index contributed by atoms with van der Waals surface area (Å²) in [5.41, 5.74) is 8.49. The molecule has 21 heavy (non-hydrogen) atoms. The maximum absolute atomic E-state index is 12.0. The summed E-state index contributed by atoms with van der Waals surface area (Å²) in [6.07, 6.45) is 1.98. The predicted octanol–water partition coefficient (Wildman–Crippen LogP) is 2.24. The number of thioether (sulfide) groups is 1. The van der Waals surface area contributed by atoms with Gasteiger partial charge in [0.15, 0.2) is 5.16 Å². The minimum absolute atomic E-state index is 0.226. The highest BCUT2D eigenvalue weighted by atomic mass is 32.2. The molecule has 6 heteroatoms. The number of esters is 1. The number of aromatic nitrogens is 2. The van der Waals surface area contributed by atoms with Crippen LogP contribution < -0.4 is 5.73 Å². The highest BCUT2D eigenvalue weighted by Crippen LogP contribution is 2.41. The van der Waals surface area contributed by atoms with Gasteiger partial charge in [0.25, 0.3) is 0 Å². The van der Waals surface area contributed by atoms with Gasteiger partial charge < -0.3 is 15.5 Å². The molecule has 0 spiro atoms. The largest absolute Gasteiger partial charge is 0.468 e. The minimum atomic E-state index is -0.908. The van der Waals surface area contributed by atoms with Gasteiger partial charge in [0, 0.05) is 5.75 Å². The van der Waals surface area contributed by atoms with Gasteiger partial charge in [0.2, 0.25) is 0 Å². The molecule has 0 saturated heterocycles. The standard InChI is InChI=1S/C15H19N3O2S/c1-9-3-6-11-12(7-9)18-14(17-11)21-8-15(16,10-4-5-10)13(19)20-2/h3,6-7,10H,4-5,8,16H2,1-2H3,(H,17,18). The van der Waals surface area contributed by atoms with Gasteiger partial charge in [-0.25, -0.2) is 4.98 Å². The van der Waals surface area contributed by atoms with Crippen LogP contribution in [0.1, 0.15) is 18.4 Å². The zero-order chi connectivity index (χ0) is 15.0. The van der Waals surface area contributed by atoms with Crippen LogP contribution in [-0.2, 0) is 9.53 Å². The summed E-state index contributed by atoms with van der Waals surface area (Å²) < 4.78 is 4.87. The van der Waals surface area contributed by atoms with Crippen molar-refractivity contribution in [2.45, 2.75) is 30.5 Å². The molecule has 1 unspecified atom stereocenters. The van der Waals surface area contributed by atoms with Crippen LogP contribution in [0.5, 0.6) is 0 Å². The van der Waals surface area contributed by atoms with Gasteiger partial charge in [-0.2, -0.15) is 0 Å². The van der Waals surface area contributed by atoms with Crippen molar-refractivity contribution in [3.63, 3.8) is 0 Å². The van der Waals surface area contributed by atoms with Crippen LogP contribution in [0.3, 0.4) is 0 Å². The molecule has 1 aromatic heterocycles. The number of fused-ring (bicyclic) bond motifs is 1. The quantitative estimate of drug-likeness (QED) is 0.654. The Labute approximate surface area is 127 Å². The first-order valence-corrected chi connectivity index (χ1v) is 7.98. The summed E-state index contributed by atoms with van der Waals surface area (Å²) in [6, 6.07) is 6.08. The first kappa shape index (κ1) is 14.4. The number of hydrogen-bond donors (Lipinski definition) is 2. The summed E-state index contributed by atoms with van der Waals surface area (Å²) in [4.78, 5) is 19.8. The number of rotatable bonds is 5. The Morgan fingerprint density at radius 2 is 2.33 bits per heavy atom.